The zero-order chi connectivity index (χ0) is 13.8. The lowest BCUT2D eigenvalue weighted by atomic mass is 10.1. The molecule has 0 atom stereocenters. The van der Waals surface area contributed by atoms with Crippen molar-refractivity contribution in [2.45, 2.75) is 53.4 Å². The molecule has 0 saturated heterocycles. The Kier molecular flexibility index (Phi) is 11.4. The molecule has 0 aromatic heterocycles. The monoisotopic (exact) mass is 257 g/mol. The normalized spacial score (nSPS) is 11.4. The van der Waals surface area contributed by atoms with Crippen LogP contribution in [-0.2, 0) is 9.53 Å². The average molecular weight is 257 g/mol. The van der Waals surface area contributed by atoms with E-state index < -0.39 is 0 Å². The van der Waals surface area contributed by atoms with Gasteiger partial charge >= 0.3 is 0 Å². The molecule has 0 radical (unpaired) electrons. The van der Waals surface area contributed by atoms with Gasteiger partial charge < -0.3 is 10.1 Å². The van der Waals surface area contributed by atoms with E-state index in [0.717, 1.165) is 25.4 Å². The van der Waals surface area contributed by atoms with Gasteiger partial charge in [-0.1, -0.05) is 27.7 Å². The first-order valence-corrected chi connectivity index (χ1v) is 7.35. The fourth-order valence-corrected chi connectivity index (χ4v) is 1.49. The van der Waals surface area contributed by atoms with Crippen LogP contribution >= 0.6 is 0 Å². The Bertz CT molecular complexity index is 203. The second kappa shape index (κ2) is 11.7. The fraction of sp³-hybridized carbons (Fsp3) is 0.933. The van der Waals surface area contributed by atoms with Gasteiger partial charge in [-0.15, -0.1) is 0 Å². The molecule has 1 N–H and O–H groups in total. The van der Waals surface area contributed by atoms with Crippen molar-refractivity contribution in [3.8, 4) is 0 Å². The summed E-state index contributed by atoms with van der Waals surface area (Å²) in [7, 11) is 0. The third kappa shape index (κ3) is 12.1. The van der Waals surface area contributed by atoms with Crippen LogP contribution in [0.1, 0.15) is 53.4 Å². The van der Waals surface area contributed by atoms with E-state index in [4.69, 9.17) is 4.74 Å². The molecule has 18 heavy (non-hydrogen) atoms. The lowest BCUT2D eigenvalue weighted by Gasteiger charge is -2.07. The summed E-state index contributed by atoms with van der Waals surface area (Å²) in [6.07, 6.45) is 4.67. The van der Waals surface area contributed by atoms with Gasteiger partial charge in [-0.2, -0.15) is 0 Å². The van der Waals surface area contributed by atoms with Crippen molar-refractivity contribution in [2.75, 3.05) is 26.3 Å². The maximum atomic E-state index is 11.3. The molecule has 0 rings (SSSR count). The summed E-state index contributed by atoms with van der Waals surface area (Å²) in [6.45, 7) is 11.5. The van der Waals surface area contributed by atoms with Crippen molar-refractivity contribution >= 4 is 5.78 Å². The number of nitrogens with one attached hydrogen (secondary N) is 1. The number of unbranched alkanes of at least 4 members (excludes halogenated alkanes) is 2. The minimum Gasteiger partial charge on any atom is -0.374 e. The van der Waals surface area contributed by atoms with Crippen LogP contribution in [0.2, 0.25) is 0 Å². The smallest absolute Gasteiger partial charge is 0.160 e. The van der Waals surface area contributed by atoms with Crippen molar-refractivity contribution in [3.63, 3.8) is 0 Å². The number of ketones is 1. The number of hydrogen-bond acceptors (Lipinski definition) is 3. The van der Waals surface area contributed by atoms with E-state index in [1.807, 2.05) is 13.8 Å². The Morgan fingerprint density at radius 3 is 2.39 bits per heavy atom. The Labute approximate surface area is 113 Å². The van der Waals surface area contributed by atoms with Gasteiger partial charge in [-0.05, 0) is 44.7 Å². The molecule has 0 heterocycles. The SMILES string of the molecule is CC(C)CCNCCCCCOCC(=O)C(C)C. The number of ether oxygens (including phenoxy) is 1. The molecule has 0 unspecified atom stereocenters. The highest BCUT2D eigenvalue weighted by atomic mass is 16.5. The lowest BCUT2D eigenvalue weighted by Crippen LogP contribution is -2.18. The first-order chi connectivity index (χ1) is 8.54. The summed E-state index contributed by atoms with van der Waals surface area (Å²) in [4.78, 5) is 11.3. The summed E-state index contributed by atoms with van der Waals surface area (Å²) in [5.41, 5.74) is 0. The number of carbonyl (C=O) groups excluding carboxylic acids is 1. The molecule has 0 fully saturated rings. The van der Waals surface area contributed by atoms with Crippen LogP contribution in [0, 0.1) is 11.8 Å². The Morgan fingerprint density at radius 2 is 1.78 bits per heavy atom. The van der Waals surface area contributed by atoms with Crippen LogP contribution < -0.4 is 5.32 Å². The van der Waals surface area contributed by atoms with Crippen LogP contribution in [0.15, 0.2) is 0 Å². The summed E-state index contributed by atoms with van der Waals surface area (Å²) in [5, 5.41) is 3.45. The Morgan fingerprint density at radius 1 is 1.06 bits per heavy atom. The molecule has 0 aromatic carbocycles. The van der Waals surface area contributed by atoms with Crippen LogP contribution in [0.5, 0.6) is 0 Å². The van der Waals surface area contributed by atoms with Crippen molar-refractivity contribution in [1.82, 2.24) is 5.32 Å². The molecular formula is C15H31NO2. The van der Waals surface area contributed by atoms with E-state index in [1.165, 1.54) is 19.3 Å². The van der Waals surface area contributed by atoms with Gasteiger partial charge in [0.05, 0.1) is 0 Å². The Balaban J connectivity index is 3.10. The average Bonchev–Trinajstić information content (AvgIpc) is 2.30. The minimum atomic E-state index is 0.0927. The van der Waals surface area contributed by atoms with E-state index in [1.54, 1.807) is 0 Å². The third-order valence-electron chi connectivity index (χ3n) is 2.93. The second-order valence-electron chi connectivity index (χ2n) is 5.67. The standard InChI is InChI=1S/C15H31NO2/c1-13(2)8-10-16-9-6-5-7-11-18-12-15(17)14(3)4/h13-14,16H,5-12H2,1-4H3. The molecule has 0 aliphatic rings. The summed E-state index contributed by atoms with van der Waals surface area (Å²) >= 11 is 0. The molecular weight excluding hydrogens is 226 g/mol. The highest BCUT2D eigenvalue weighted by Gasteiger charge is 2.06. The van der Waals surface area contributed by atoms with Gasteiger partial charge in [0.1, 0.15) is 6.61 Å². The van der Waals surface area contributed by atoms with E-state index in [-0.39, 0.29) is 18.3 Å². The van der Waals surface area contributed by atoms with Gasteiger partial charge in [0.2, 0.25) is 0 Å². The number of carbonyl (C=O) groups is 1. The predicted molar refractivity (Wildman–Crippen MR) is 76.8 cm³/mol. The van der Waals surface area contributed by atoms with E-state index in [9.17, 15) is 4.79 Å². The molecule has 0 spiro atoms. The Hall–Kier alpha value is -0.410. The first-order valence-electron chi connectivity index (χ1n) is 7.35. The number of hydrogen-bond donors (Lipinski definition) is 1. The number of rotatable bonds is 12. The van der Waals surface area contributed by atoms with Crippen molar-refractivity contribution < 1.29 is 9.53 Å². The van der Waals surface area contributed by atoms with Crippen LogP contribution in [0.4, 0.5) is 0 Å². The van der Waals surface area contributed by atoms with Crippen LogP contribution in [-0.4, -0.2) is 32.1 Å². The topological polar surface area (TPSA) is 38.3 Å². The molecule has 0 bridgehead atoms. The van der Waals surface area contributed by atoms with Crippen molar-refractivity contribution in [3.05, 3.63) is 0 Å². The quantitative estimate of drug-likeness (QED) is 0.546. The minimum absolute atomic E-state index is 0.0927. The third-order valence-corrected chi connectivity index (χ3v) is 2.93. The molecule has 0 saturated carbocycles. The van der Waals surface area contributed by atoms with Crippen molar-refractivity contribution in [1.29, 1.82) is 0 Å². The summed E-state index contributed by atoms with van der Waals surface area (Å²) < 4.78 is 5.35. The van der Waals surface area contributed by atoms with Gasteiger partial charge in [0.15, 0.2) is 5.78 Å². The largest absolute Gasteiger partial charge is 0.374 e. The maximum absolute atomic E-state index is 11.3. The van der Waals surface area contributed by atoms with Crippen LogP contribution in [0.3, 0.4) is 0 Å². The second-order valence-corrected chi connectivity index (χ2v) is 5.67. The van der Waals surface area contributed by atoms with Gasteiger partial charge in [0.25, 0.3) is 0 Å². The lowest BCUT2D eigenvalue weighted by molar-refractivity contribution is -0.126. The highest BCUT2D eigenvalue weighted by molar-refractivity contribution is 5.81. The van der Waals surface area contributed by atoms with Gasteiger partial charge in [-0.3, -0.25) is 4.79 Å². The van der Waals surface area contributed by atoms with E-state index >= 15 is 0 Å². The molecule has 3 nitrogen and oxygen atoms in total. The predicted octanol–water partition coefficient (Wildman–Crippen LogP) is 3.03. The first kappa shape index (κ1) is 17.6. The fourth-order valence-electron chi connectivity index (χ4n) is 1.49. The maximum Gasteiger partial charge on any atom is 0.160 e. The summed E-state index contributed by atoms with van der Waals surface area (Å²) in [6, 6.07) is 0. The molecule has 0 aromatic rings. The zero-order valence-electron chi connectivity index (χ0n) is 12.6. The molecule has 0 aliphatic carbocycles. The van der Waals surface area contributed by atoms with E-state index in [0.29, 0.717) is 6.61 Å². The van der Waals surface area contributed by atoms with Crippen LogP contribution in [0.25, 0.3) is 0 Å². The van der Waals surface area contributed by atoms with Gasteiger partial charge in [-0.25, -0.2) is 0 Å². The zero-order valence-corrected chi connectivity index (χ0v) is 12.6. The van der Waals surface area contributed by atoms with E-state index in [2.05, 4.69) is 19.2 Å². The number of Topliss-reactive ketones (excluding diaryl/α,β-unsaturated/α-hetero) is 1. The molecule has 0 aliphatic heterocycles. The van der Waals surface area contributed by atoms with Gasteiger partial charge in [0, 0.05) is 12.5 Å². The van der Waals surface area contributed by atoms with Crippen molar-refractivity contribution in [2.24, 2.45) is 11.8 Å². The molecule has 108 valence electrons. The molecule has 3 heteroatoms. The summed E-state index contributed by atoms with van der Waals surface area (Å²) in [5.74, 6) is 1.07. The highest BCUT2D eigenvalue weighted by Crippen LogP contribution is 1.99. The molecule has 0 amide bonds.